The van der Waals surface area contributed by atoms with Gasteiger partial charge in [0.05, 0.1) is 38.5 Å². The molecule has 0 unspecified atom stereocenters. The summed E-state index contributed by atoms with van der Waals surface area (Å²) < 4.78 is 15.6. The van der Waals surface area contributed by atoms with Crippen molar-refractivity contribution in [3.63, 3.8) is 0 Å². The van der Waals surface area contributed by atoms with Crippen molar-refractivity contribution < 1.29 is 23.8 Å². The number of carbonyl (C=O) groups is 2. The van der Waals surface area contributed by atoms with Gasteiger partial charge >= 0.3 is 5.97 Å². The van der Waals surface area contributed by atoms with Crippen LogP contribution in [0.1, 0.15) is 27.9 Å². The fourth-order valence-electron chi connectivity index (χ4n) is 2.69. The van der Waals surface area contributed by atoms with E-state index in [0.29, 0.717) is 37.5 Å². The van der Waals surface area contributed by atoms with E-state index in [4.69, 9.17) is 19.9 Å². The van der Waals surface area contributed by atoms with Gasteiger partial charge in [0.2, 0.25) is 5.91 Å². The van der Waals surface area contributed by atoms with Crippen LogP contribution >= 0.6 is 0 Å². The lowest BCUT2D eigenvalue weighted by molar-refractivity contribution is -0.120. The first-order chi connectivity index (χ1) is 13.4. The molecule has 3 N–H and O–H groups in total. The number of esters is 1. The maximum atomic E-state index is 12.0. The Balaban J connectivity index is 1.82. The SMILES string of the molecule is COC(=O)c1cc(OCCCNC(=O)Cc2cccc(C)c2)c(OC)cc1N. The lowest BCUT2D eigenvalue weighted by Gasteiger charge is -2.14. The number of rotatable bonds is 9. The molecule has 1 amide bonds. The third-order valence-electron chi connectivity index (χ3n) is 4.09. The minimum atomic E-state index is -0.548. The van der Waals surface area contributed by atoms with Gasteiger partial charge in [0.15, 0.2) is 11.5 Å². The van der Waals surface area contributed by atoms with Gasteiger partial charge in [-0.25, -0.2) is 4.79 Å². The smallest absolute Gasteiger partial charge is 0.340 e. The molecule has 0 spiro atoms. The van der Waals surface area contributed by atoms with Crippen LogP contribution in [-0.2, 0) is 16.0 Å². The van der Waals surface area contributed by atoms with Crippen molar-refractivity contribution in [2.24, 2.45) is 0 Å². The molecule has 7 heteroatoms. The maximum Gasteiger partial charge on any atom is 0.340 e. The van der Waals surface area contributed by atoms with Gasteiger partial charge in [-0.3, -0.25) is 4.79 Å². The number of amides is 1. The summed E-state index contributed by atoms with van der Waals surface area (Å²) in [7, 11) is 2.77. The van der Waals surface area contributed by atoms with Crippen molar-refractivity contribution in [2.75, 3.05) is 33.1 Å². The van der Waals surface area contributed by atoms with E-state index in [1.807, 2.05) is 31.2 Å². The number of nitrogens with one attached hydrogen (secondary N) is 1. The third-order valence-corrected chi connectivity index (χ3v) is 4.09. The average Bonchev–Trinajstić information content (AvgIpc) is 2.67. The third kappa shape index (κ3) is 5.90. The predicted octanol–water partition coefficient (Wildman–Crippen LogP) is 2.50. The molecule has 0 aliphatic heterocycles. The van der Waals surface area contributed by atoms with Crippen LogP contribution in [0.15, 0.2) is 36.4 Å². The first-order valence-corrected chi connectivity index (χ1v) is 8.95. The zero-order chi connectivity index (χ0) is 20.5. The quantitative estimate of drug-likeness (QED) is 0.390. The van der Waals surface area contributed by atoms with Gasteiger partial charge in [-0.15, -0.1) is 0 Å². The Kier molecular flexibility index (Phi) is 7.68. The summed E-state index contributed by atoms with van der Waals surface area (Å²) in [5.41, 5.74) is 8.41. The van der Waals surface area contributed by atoms with Crippen molar-refractivity contribution in [3.8, 4) is 11.5 Å². The summed E-state index contributed by atoms with van der Waals surface area (Å²) in [6, 6.07) is 10.9. The van der Waals surface area contributed by atoms with Crippen LogP contribution in [0, 0.1) is 6.92 Å². The summed E-state index contributed by atoms with van der Waals surface area (Å²) in [6.45, 7) is 2.81. The van der Waals surface area contributed by atoms with Crippen LogP contribution < -0.4 is 20.5 Å². The number of nitrogen functional groups attached to an aromatic ring is 1. The molecule has 0 radical (unpaired) electrons. The molecule has 150 valence electrons. The van der Waals surface area contributed by atoms with Crippen LogP contribution in [0.3, 0.4) is 0 Å². The molecule has 0 aliphatic carbocycles. The second kappa shape index (κ2) is 10.2. The summed E-state index contributed by atoms with van der Waals surface area (Å²) >= 11 is 0. The van der Waals surface area contributed by atoms with Crippen LogP contribution in [0.25, 0.3) is 0 Å². The normalized spacial score (nSPS) is 10.2. The number of nitrogens with two attached hydrogens (primary N) is 1. The number of methoxy groups -OCH3 is 2. The van der Waals surface area contributed by atoms with Gasteiger partial charge in [-0.1, -0.05) is 29.8 Å². The summed E-state index contributed by atoms with van der Waals surface area (Å²) in [4.78, 5) is 23.8. The number of hydrogen-bond acceptors (Lipinski definition) is 6. The van der Waals surface area contributed by atoms with E-state index < -0.39 is 5.97 Å². The van der Waals surface area contributed by atoms with Crippen molar-refractivity contribution in [1.29, 1.82) is 0 Å². The molecule has 2 rings (SSSR count). The predicted molar refractivity (Wildman–Crippen MR) is 107 cm³/mol. The monoisotopic (exact) mass is 386 g/mol. The maximum absolute atomic E-state index is 12.0. The Hall–Kier alpha value is -3.22. The minimum absolute atomic E-state index is 0.0383. The van der Waals surface area contributed by atoms with E-state index in [1.165, 1.54) is 26.4 Å². The van der Waals surface area contributed by atoms with Gasteiger partial charge in [0.1, 0.15) is 0 Å². The highest BCUT2D eigenvalue weighted by Crippen LogP contribution is 2.32. The summed E-state index contributed by atoms with van der Waals surface area (Å²) in [5, 5.41) is 2.87. The van der Waals surface area contributed by atoms with E-state index >= 15 is 0 Å². The first-order valence-electron chi connectivity index (χ1n) is 8.95. The molecule has 0 saturated carbocycles. The van der Waals surface area contributed by atoms with Crippen molar-refractivity contribution in [2.45, 2.75) is 19.8 Å². The van der Waals surface area contributed by atoms with Crippen LogP contribution in [0.5, 0.6) is 11.5 Å². The van der Waals surface area contributed by atoms with E-state index in [1.54, 1.807) is 0 Å². The number of benzene rings is 2. The van der Waals surface area contributed by atoms with Crippen molar-refractivity contribution in [3.05, 3.63) is 53.1 Å². The lowest BCUT2D eigenvalue weighted by atomic mass is 10.1. The molecule has 2 aromatic carbocycles. The lowest BCUT2D eigenvalue weighted by Crippen LogP contribution is -2.27. The molecule has 0 atom stereocenters. The highest BCUT2D eigenvalue weighted by Gasteiger charge is 2.16. The second-order valence-corrected chi connectivity index (χ2v) is 6.30. The summed E-state index contributed by atoms with van der Waals surface area (Å²) in [5.74, 6) is 0.230. The molecule has 7 nitrogen and oxygen atoms in total. The summed E-state index contributed by atoms with van der Waals surface area (Å²) in [6.07, 6.45) is 0.942. The molecular weight excluding hydrogens is 360 g/mol. The highest BCUT2D eigenvalue weighted by atomic mass is 16.5. The van der Waals surface area contributed by atoms with Crippen molar-refractivity contribution in [1.82, 2.24) is 5.32 Å². The van der Waals surface area contributed by atoms with Gasteiger partial charge in [0.25, 0.3) is 0 Å². The molecule has 0 fully saturated rings. The van der Waals surface area contributed by atoms with E-state index in [-0.39, 0.29) is 17.2 Å². The topological polar surface area (TPSA) is 99.9 Å². The van der Waals surface area contributed by atoms with Crippen molar-refractivity contribution >= 4 is 17.6 Å². The van der Waals surface area contributed by atoms with Crippen LogP contribution in [0.4, 0.5) is 5.69 Å². The Morgan fingerprint density at radius 1 is 1.11 bits per heavy atom. The molecule has 0 aromatic heterocycles. The number of carbonyl (C=O) groups excluding carboxylic acids is 2. The number of aryl methyl sites for hydroxylation is 1. The molecule has 0 saturated heterocycles. The van der Waals surface area contributed by atoms with Gasteiger partial charge in [-0.2, -0.15) is 0 Å². The first kappa shape index (κ1) is 21.1. The fraction of sp³-hybridized carbons (Fsp3) is 0.333. The molecule has 0 heterocycles. The van der Waals surface area contributed by atoms with Crippen LogP contribution in [-0.4, -0.2) is 39.2 Å². The molecule has 2 aromatic rings. The average molecular weight is 386 g/mol. The molecule has 0 aliphatic rings. The minimum Gasteiger partial charge on any atom is -0.493 e. The fourth-order valence-corrected chi connectivity index (χ4v) is 2.69. The zero-order valence-corrected chi connectivity index (χ0v) is 16.4. The second-order valence-electron chi connectivity index (χ2n) is 6.30. The molecule has 0 bridgehead atoms. The molecule has 28 heavy (non-hydrogen) atoms. The van der Waals surface area contributed by atoms with Gasteiger partial charge < -0.3 is 25.3 Å². The van der Waals surface area contributed by atoms with E-state index in [2.05, 4.69) is 5.32 Å². The largest absolute Gasteiger partial charge is 0.493 e. The number of anilines is 1. The Morgan fingerprint density at radius 2 is 1.89 bits per heavy atom. The van der Waals surface area contributed by atoms with E-state index in [0.717, 1.165) is 11.1 Å². The number of ether oxygens (including phenoxy) is 3. The Labute approximate surface area is 164 Å². The Morgan fingerprint density at radius 3 is 2.57 bits per heavy atom. The number of hydrogen-bond donors (Lipinski definition) is 2. The van der Waals surface area contributed by atoms with Gasteiger partial charge in [-0.05, 0) is 18.9 Å². The zero-order valence-electron chi connectivity index (χ0n) is 16.4. The van der Waals surface area contributed by atoms with Crippen LogP contribution in [0.2, 0.25) is 0 Å². The highest BCUT2D eigenvalue weighted by molar-refractivity contribution is 5.96. The Bertz CT molecular complexity index is 836. The standard InChI is InChI=1S/C21H26N2O5/c1-14-6-4-7-15(10-14)11-20(24)23-8-5-9-28-19-12-16(21(25)27-3)17(22)13-18(19)26-2/h4,6-7,10,12-13H,5,8-9,11,22H2,1-3H3,(H,23,24). The van der Waals surface area contributed by atoms with Gasteiger partial charge in [0, 0.05) is 18.7 Å². The van der Waals surface area contributed by atoms with E-state index in [9.17, 15) is 9.59 Å². The molecular formula is C21H26N2O5.